The molecule has 2 heterocycles. The molecule has 0 atom stereocenters. The van der Waals surface area contributed by atoms with Gasteiger partial charge < -0.3 is 10.3 Å². The molecule has 3 heteroatoms. The van der Waals surface area contributed by atoms with Crippen LogP contribution in [0.2, 0.25) is 0 Å². The van der Waals surface area contributed by atoms with Crippen LogP contribution in [0.15, 0.2) is 23.1 Å². The number of H-pyrrole nitrogens is 1. The molecule has 58 valence electrons. The first-order valence-electron chi connectivity index (χ1n) is 3.75. The predicted octanol–water partition coefficient (Wildman–Crippen LogP) is 0.0617. The molecule has 3 nitrogen and oxygen atoms in total. The lowest BCUT2D eigenvalue weighted by atomic mass is 9.96. The Hall–Kier alpha value is -1.09. The van der Waals surface area contributed by atoms with Gasteiger partial charge in [-0.15, -0.1) is 0 Å². The lowest BCUT2D eigenvalue weighted by molar-refractivity contribution is 0.447. The fourth-order valence-corrected chi connectivity index (χ4v) is 1.20. The highest BCUT2D eigenvalue weighted by Crippen LogP contribution is 2.16. The van der Waals surface area contributed by atoms with Gasteiger partial charge in [-0.3, -0.25) is 4.79 Å². The van der Waals surface area contributed by atoms with Crippen molar-refractivity contribution in [2.75, 3.05) is 13.1 Å². The van der Waals surface area contributed by atoms with Gasteiger partial charge in [-0.2, -0.15) is 0 Å². The third-order valence-corrected chi connectivity index (χ3v) is 2.06. The molecule has 0 saturated carbocycles. The molecule has 1 saturated heterocycles. The van der Waals surface area contributed by atoms with Crippen molar-refractivity contribution in [3.63, 3.8) is 0 Å². The van der Waals surface area contributed by atoms with Crippen LogP contribution < -0.4 is 10.9 Å². The second-order valence-corrected chi connectivity index (χ2v) is 2.84. The molecule has 11 heavy (non-hydrogen) atoms. The largest absolute Gasteiger partial charge is 0.329 e. The van der Waals surface area contributed by atoms with Crippen LogP contribution in [0.1, 0.15) is 11.5 Å². The monoisotopic (exact) mass is 150 g/mol. The van der Waals surface area contributed by atoms with Crippen molar-refractivity contribution in [3.05, 3.63) is 34.2 Å². The normalized spacial score (nSPS) is 17.8. The van der Waals surface area contributed by atoms with E-state index in [2.05, 4.69) is 10.3 Å². The SMILES string of the molecule is O=c1ccc(C2CNC2)c[nH]1. The second-order valence-electron chi connectivity index (χ2n) is 2.84. The molecular formula is C8H10N2O. The lowest BCUT2D eigenvalue weighted by Crippen LogP contribution is -2.40. The van der Waals surface area contributed by atoms with Crippen LogP contribution in [0.25, 0.3) is 0 Å². The number of nitrogens with one attached hydrogen (secondary N) is 2. The van der Waals surface area contributed by atoms with Crippen molar-refractivity contribution in [3.8, 4) is 0 Å². The number of hydrogen-bond donors (Lipinski definition) is 2. The van der Waals surface area contributed by atoms with Gasteiger partial charge >= 0.3 is 0 Å². The Labute approximate surface area is 64.5 Å². The lowest BCUT2D eigenvalue weighted by Gasteiger charge is -2.26. The first-order chi connectivity index (χ1) is 5.36. The van der Waals surface area contributed by atoms with Gasteiger partial charge in [0, 0.05) is 31.3 Å². The molecule has 1 aromatic heterocycles. The van der Waals surface area contributed by atoms with Crippen molar-refractivity contribution >= 4 is 0 Å². The van der Waals surface area contributed by atoms with E-state index in [-0.39, 0.29) is 5.56 Å². The quantitative estimate of drug-likeness (QED) is 0.594. The van der Waals surface area contributed by atoms with E-state index in [1.165, 1.54) is 5.56 Å². The Morgan fingerprint density at radius 1 is 1.36 bits per heavy atom. The number of hydrogen-bond acceptors (Lipinski definition) is 2. The van der Waals surface area contributed by atoms with Crippen molar-refractivity contribution in [2.24, 2.45) is 0 Å². The average molecular weight is 150 g/mol. The molecule has 0 spiro atoms. The van der Waals surface area contributed by atoms with Crippen LogP contribution in [0.4, 0.5) is 0 Å². The maximum absolute atomic E-state index is 10.7. The predicted molar refractivity (Wildman–Crippen MR) is 42.7 cm³/mol. The summed E-state index contributed by atoms with van der Waals surface area (Å²) >= 11 is 0. The fraction of sp³-hybridized carbons (Fsp3) is 0.375. The molecule has 1 fully saturated rings. The first kappa shape index (κ1) is 6.61. The summed E-state index contributed by atoms with van der Waals surface area (Å²) in [6, 6.07) is 3.47. The number of rotatable bonds is 1. The summed E-state index contributed by atoms with van der Waals surface area (Å²) < 4.78 is 0. The smallest absolute Gasteiger partial charge is 0.247 e. The summed E-state index contributed by atoms with van der Waals surface area (Å²) in [6.45, 7) is 2.07. The van der Waals surface area contributed by atoms with E-state index in [1.807, 2.05) is 6.07 Å². The molecule has 0 radical (unpaired) electrons. The minimum atomic E-state index is -0.0268. The van der Waals surface area contributed by atoms with Crippen LogP contribution in [0, 0.1) is 0 Å². The molecule has 0 aromatic carbocycles. The zero-order valence-corrected chi connectivity index (χ0v) is 6.13. The summed E-state index contributed by atoms with van der Waals surface area (Å²) in [5, 5.41) is 3.18. The Morgan fingerprint density at radius 3 is 2.64 bits per heavy atom. The zero-order chi connectivity index (χ0) is 7.68. The van der Waals surface area contributed by atoms with E-state index in [0.29, 0.717) is 5.92 Å². The van der Waals surface area contributed by atoms with E-state index < -0.39 is 0 Å². The Balaban J connectivity index is 2.25. The molecule has 0 aliphatic carbocycles. The highest BCUT2D eigenvalue weighted by Gasteiger charge is 2.18. The molecule has 0 unspecified atom stereocenters. The summed E-state index contributed by atoms with van der Waals surface area (Å²) in [4.78, 5) is 13.3. The van der Waals surface area contributed by atoms with Gasteiger partial charge in [-0.1, -0.05) is 6.07 Å². The maximum Gasteiger partial charge on any atom is 0.247 e. The number of aromatic nitrogens is 1. The highest BCUT2D eigenvalue weighted by atomic mass is 16.1. The van der Waals surface area contributed by atoms with E-state index in [0.717, 1.165) is 13.1 Å². The topological polar surface area (TPSA) is 44.9 Å². The third-order valence-electron chi connectivity index (χ3n) is 2.06. The molecule has 1 aromatic rings. The van der Waals surface area contributed by atoms with E-state index in [1.54, 1.807) is 12.3 Å². The van der Waals surface area contributed by atoms with Gasteiger partial charge in [-0.25, -0.2) is 0 Å². The molecule has 0 bridgehead atoms. The molecule has 1 aliphatic rings. The Kier molecular flexibility index (Phi) is 1.51. The first-order valence-corrected chi connectivity index (χ1v) is 3.75. The summed E-state index contributed by atoms with van der Waals surface area (Å²) in [6.07, 6.45) is 1.80. The fourth-order valence-electron chi connectivity index (χ4n) is 1.20. The molecular weight excluding hydrogens is 140 g/mol. The van der Waals surface area contributed by atoms with Gasteiger partial charge in [0.2, 0.25) is 5.56 Å². The van der Waals surface area contributed by atoms with Gasteiger partial charge in [0.1, 0.15) is 0 Å². The number of aromatic amines is 1. The highest BCUT2D eigenvalue weighted by molar-refractivity contribution is 5.18. The van der Waals surface area contributed by atoms with Gasteiger partial charge in [-0.05, 0) is 5.56 Å². The molecule has 2 N–H and O–H groups in total. The van der Waals surface area contributed by atoms with Crippen molar-refractivity contribution in [1.82, 2.24) is 10.3 Å². The minimum absolute atomic E-state index is 0.0268. The Bertz CT molecular complexity index is 281. The van der Waals surface area contributed by atoms with E-state index in [9.17, 15) is 4.79 Å². The maximum atomic E-state index is 10.7. The minimum Gasteiger partial charge on any atom is -0.329 e. The second kappa shape index (κ2) is 2.51. The van der Waals surface area contributed by atoms with E-state index in [4.69, 9.17) is 0 Å². The average Bonchev–Trinajstić information content (AvgIpc) is 1.90. The van der Waals surface area contributed by atoms with Crippen LogP contribution in [0.3, 0.4) is 0 Å². The van der Waals surface area contributed by atoms with Gasteiger partial charge in [0.05, 0.1) is 0 Å². The van der Waals surface area contributed by atoms with E-state index >= 15 is 0 Å². The van der Waals surface area contributed by atoms with Gasteiger partial charge in [0.25, 0.3) is 0 Å². The van der Waals surface area contributed by atoms with Crippen molar-refractivity contribution in [2.45, 2.75) is 5.92 Å². The number of pyridine rings is 1. The molecule has 2 rings (SSSR count). The summed E-state index contributed by atoms with van der Waals surface area (Å²) in [7, 11) is 0. The zero-order valence-electron chi connectivity index (χ0n) is 6.13. The van der Waals surface area contributed by atoms with Crippen molar-refractivity contribution in [1.29, 1.82) is 0 Å². The molecule has 0 amide bonds. The summed E-state index contributed by atoms with van der Waals surface area (Å²) in [5.74, 6) is 0.604. The summed E-state index contributed by atoms with van der Waals surface area (Å²) in [5.41, 5.74) is 1.20. The van der Waals surface area contributed by atoms with Gasteiger partial charge in [0.15, 0.2) is 0 Å². The van der Waals surface area contributed by atoms with Crippen LogP contribution in [0.5, 0.6) is 0 Å². The third kappa shape index (κ3) is 1.19. The van der Waals surface area contributed by atoms with Crippen LogP contribution in [-0.4, -0.2) is 18.1 Å². The van der Waals surface area contributed by atoms with Crippen LogP contribution in [-0.2, 0) is 0 Å². The van der Waals surface area contributed by atoms with Crippen molar-refractivity contribution < 1.29 is 0 Å². The molecule has 1 aliphatic heterocycles. The Morgan fingerprint density at radius 2 is 2.18 bits per heavy atom. The van der Waals surface area contributed by atoms with Crippen LogP contribution >= 0.6 is 0 Å². The standard InChI is InChI=1S/C8H10N2O/c11-8-2-1-6(5-10-8)7-3-9-4-7/h1-2,5,7,9H,3-4H2,(H,10,11).